The molecule has 1 aliphatic rings. The molecule has 1 aliphatic heterocycles. The minimum Gasteiger partial charge on any atom is -0.490 e. The van der Waals surface area contributed by atoms with Crippen LogP contribution < -0.4 is 9.47 Å². The van der Waals surface area contributed by atoms with Crippen LogP contribution in [0.3, 0.4) is 0 Å². The molecule has 0 unspecified atom stereocenters. The van der Waals surface area contributed by atoms with Gasteiger partial charge in [-0.05, 0) is 71.8 Å². The number of aliphatic imine (C=N–C) groups is 1. The van der Waals surface area contributed by atoms with Gasteiger partial charge in [-0.1, -0.05) is 13.3 Å². The van der Waals surface area contributed by atoms with Crippen LogP contribution in [0.4, 0.5) is 0 Å². The van der Waals surface area contributed by atoms with Crippen LogP contribution in [0.1, 0.15) is 38.0 Å². The summed E-state index contributed by atoms with van der Waals surface area (Å²) in [6.45, 7) is 5.19. The number of benzene rings is 1. The third kappa shape index (κ3) is 4.71. The summed E-state index contributed by atoms with van der Waals surface area (Å²) in [5.41, 5.74) is 0.987. The summed E-state index contributed by atoms with van der Waals surface area (Å²) < 4.78 is 22.9. The van der Waals surface area contributed by atoms with E-state index in [9.17, 15) is 4.79 Å². The molecule has 0 N–H and O–H groups in total. The van der Waals surface area contributed by atoms with Gasteiger partial charge in [-0.3, -0.25) is 0 Å². The fourth-order valence-corrected chi connectivity index (χ4v) is 3.25. The van der Waals surface area contributed by atoms with Crippen LogP contribution in [0.2, 0.25) is 0 Å². The van der Waals surface area contributed by atoms with Crippen LogP contribution in [0.15, 0.2) is 45.6 Å². The first-order chi connectivity index (χ1) is 13.1. The summed E-state index contributed by atoms with van der Waals surface area (Å²) in [6.07, 6.45) is 5.20. The number of carbonyl (C=O) groups excluding carboxylic acids is 1. The lowest BCUT2D eigenvalue weighted by Gasteiger charge is -2.14. The van der Waals surface area contributed by atoms with Gasteiger partial charge in [0.05, 0.1) is 23.0 Å². The van der Waals surface area contributed by atoms with Crippen molar-refractivity contribution in [3.05, 3.63) is 51.1 Å². The lowest BCUT2D eigenvalue weighted by atomic mass is 10.1. The highest BCUT2D eigenvalue weighted by molar-refractivity contribution is 14.1. The van der Waals surface area contributed by atoms with Crippen molar-refractivity contribution in [2.75, 3.05) is 13.2 Å². The van der Waals surface area contributed by atoms with E-state index in [0.29, 0.717) is 24.7 Å². The van der Waals surface area contributed by atoms with Gasteiger partial charge in [-0.25, -0.2) is 9.79 Å². The lowest BCUT2D eigenvalue weighted by Crippen LogP contribution is -2.04. The van der Waals surface area contributed by atoms with E-state index in [1.54, 1.807) is 18.2 Å². The summed E-state index contributed by atoms with van der Waals surface area (Å²) in [5, 5.41) is 0. The van der Waals surface area contributed by atoms with Gasteiger partial charge in [-0.2, -0.15) is 0 Å². The number of halogens is 1. The smallest absolute Gasteiger partial charge is 0.363 e. The molecule has 0 bridgehead atoms. The number of unbranched alkanes of at least 4 members (excludes halogenated alkanes) is 1. The number of carbonyl (C=O) groups is 1. The number of hydrogen-bond acceptors (Lipinski definition) is 6. The maximum atomic E-state index is 12.1. The number of hydrogen-bond donors (Lipinski definition) is 0. The molecule has 27 heavy (non-hydrogen) atoms. The molecule has 1 aromatic heterocycles. The summed E-state index contributed by atoms with van der Waals surface area (Å²) >= 11 is 2.21. The molecule has 0 spiro atoms. The van der Waals surface area contributed by atoms with Gasteiger partial charge in [-0.15, -0.1) is 0 Å². The standard InChI is InChI=1S/C20H20INO5/c1-3-5-8-26-18-14(21)10-13(12-17(18)24-4-2)11-15-20(23)27-19(22-15)16-7-6-9-25-16/h6-7,9-12H,3-5,8H2,1-2H3/b15-11+. The van der Waals surface area contributed by atoms with Crippen LogP contribution in [0, 0.1) is 3.57 Å². The zero-order valence-corrected chi connectivity index (χ0v) is 17.3. The summed E-state index contributed by atoms with van der Waals surface area (Å²) in [5.74, 6) is 1.43. The molecule has 7 heteroatoms. The van der Waals surface area contributed by atoms with Gasteiger partial charge in [0.2, 0.25) is 0 Å². The van der Waals surface area contributed by atoms with E-state index in [0.717, 1.165) is 27.7 Å². The number of ether oxygens (including phenoxy) is 3. The van der Waals surface area contributed by atoms with Gasteiger partial charge < -0.3 is 18.6 Å². The first-order valence-corrected chi connectivity index (χ1v) is 9.85. The summed E-state index contributed by atoms with van der Waals surface area (Å²) in [6, 6.07) is 7.16. The number of cyclic esters (lactones) is 1. The van der Waals surface area contributed by atoms with E-state index in [4.69, 9.17) is 18.6 Å². The molecule has 0 aliphatic carbocycles. The predicted molar refractivity (Wildman–Crippen MR) is 110 cm³/mol. The third-order valence-corrected chi connectivity index (χ3v) is 4.53. The van der Waals surface area contributed by atoms with Crippen molar-refractivity contribution in [1.29, 1.82) is 0 Å². The summed E-state index contributed by atoms with van der Waals surface area (Å²) in [7, 11) is 0. The predicted octanol–water partition coefficient (Wildman–Crippen LogP) is 4.81. The Balaban J connectivity index is 1.90. The van der Waals surface area contributed by atoms with E-state index in [1.807, 2.05) is 19.1 Å². The minimum atomic E-state index is -0.516. The molecule has 1 aromatic carbocycles. The Labute approximate surface area is 171 Å². The molecule has 6 nitrogen and oxygen atoms in total. The zero-order chi connectivity index (χ0) is 19.2. The molecule has 0 fully saturated rings. The van der Waals surface area contributed by atoms with E-state index in [2.05, 4.69) is 34.5 Å². The molecule has 3 rings (SSSR count). The SMILES string of the molecule is CCCCOc1c(I)cc(/C=C2/N=C(c3ccco3)OC2=O)cc1OCC. The highest BCUT2D eigenvalue weighted by atomic mass is 127. The average molecular weight is 481 g/mol. The molecule has 2 heterocycles. The number of esters is 1. The van der Waals surface area contributed by atoms with Gasteiger partial charge in [0.15, 0.2) is 23.0 Å². The average Bonchev–Trinajstić information content (AvgIpc) is 3.28. The molecule has 0 saturated carbocycles. The topological polar surface area (TPSA) is 70.3 Å². The second-order valence-electron chi connectivity index (χ2n) is 5.78. The van der Waals surface area contributed by atoms with Crippen LogP contribution in [0.25, 0.3) is 6.08 Å². The highest BCUT2D eigenvalue weighted by Crippen LogP contribution is 2.35. The Hall–Kier alpha value is -2.29. The highest BCUT2D eigenvalue weighted by Gasteiger charge is 2.26. The van der Waals surface area contributed by atoms with Crippen LogP contribution >= 0.6 is 22.6 Å². The largest absolute Gasteiger partial charge is 0.490 e. The van der Waals surface area contributed by atoms with Crippen LogP contribution in [-0.4, -0.2) is 25.1 Å². The Morgan fingerprint density at radius 1 is 1.26 bits per heavy atom. The number of nitrogens with zero attached hydrogens (tertiary/aromatic N) is 1. The van der Waals surface area contributed by atoms with Gasteiger partial charge in [0, 0.05) is 0 Å². The van der Waals surface area contributed by atoms with E-state index in [1.165, 1.54) is 6.26 Å². The van der Waals surface area contributed by atoms with Crippen molar-refractivity contribution in [2.24, 2.45) is 4.99 Å². The summed E-state index contributed by atoms with van der Waals surface area (Å²) in [4.78, 5) is 16.3. The molecule has 2 aromatic rings. The van der Waals surface area contributed by atoms with Crippen molar-refractivity contribution >= 4 is 40.5 Å². The Morgan fingerprint density at radius 2 is 2.11 bits per heavy atom. The van der Waals surface area contributed by atoms with Crippen molar-refractivity contribution in [3.63, 3.8) is 0 Å². The van der Waals surface area contributed by atoms with E-state index in [-0.39, 0.29) is 11.6 Å². The van der Waals surface area contributed by atoms with Gasteiger partial charge in [0.1, 0.15) is 0 Å². The van der Waals surface area contributed by atoms with E-state index < -0.39 is 5.97 Å². The fraction of sp³-hybridized carbons (Fsp3) is 0.300. The molecule has 0 saturated heterocycles. The normalized spacial score (nSPS) is 15.0. The Bertz CT molecular complexity index is 871. The molecular weight excluding hydrogens is 461 g/mol. The Morgan fingerprint density at radius 3 is 2.81 bits per heavy atom. The lowest BCUT2D eigenvalue weighted by molar-refractivity contribution is -0.130. The first-order valence-electron chi connectivity index (χ1n) is 8.78. The maximum Gasteiger partial charge on any atom is 0.363 e. The molecule has 0 atom stereocenters. The van der Waals surface area contributed by atoms with Crippen LogP contribution in [0.5, 0.6) is 11.5 Å². The quantitative estimate of drug-likeness (QED) is 0.234. The number of furan rings is 1. The number of rotatable bonds is 8. The van der Waals surface area contributed by atoms with Crippen molar-refractivity contribution in [1.82, 2.24) is 0 Å². The first kappa shape index (κ1) is 19.5. The molecule has 0 amide bonds. The minimum absolute atomic E-state index is 0.162. The van der Waals surface area contributed by atoms with Gasteiger partial charge >= 0.3 is 5.97 Å². The van der Waals surface area contributed by atoms with Crippen molar-refractivity contribution in [3.8, 4) is 11.5 Å². The van der Waals surface area contributed by atoms with Crippen molar-refractivity contribution < 1.29 is 23.4 Å². The zero-order valence-electron chi connectivity index (χ0n) is 15.2. The Kier molecular flexibility index (Phi) is 6.54. The maximum absolute atomic E-state index is 12.1. The molecular formula is C20H20INO5. The second-order valence-corrected chi connectivity index (χ2v) is 6.94. The van der Waals surface area contributed by atoms with Gasteiger partial charge in [0.25, 0.3) is 5.90 Å². The fourth-order valence-electron chi connectivity index (χ4n) is 2.47. The van der Waals surface area contributed by atoms with Crippen molar-refractivity contribution in [2.45, 2.75) is 26.7 Å². The monoisotopic (exact) mass is 481 g/mol. The second kappa shape index (κ2) is 9.07. The van der Waals surface area contributed by atoms with E-state index >= 15 is 0 Å². The molecule has 142 valence electrons. The molecule has 0 radical (unpaired) electrons. The third-order valence-electron chi connectivity index (χ3n) is 3.73. The van der Waals surface area contributed by atoms with Crippen LogP contribution in [-0.2, 0) is 9.53 Å².